The van der Waals surface area contributed by atoms with Crippen molar-refractivity contribution in [1.29, 1.82) is 0 Å². The first-order chi connectivity index (χ1) is 13.9. The van der Waals surface area contributed by atoms with Gasteiger partial charge in [0.15, 0.2) is 11.6 Å². The maximum atomic E-state index is 13.3. The molecule has 2 saturated carbocycles. The van der Waals surface area contributed by atoms with Crippen LogP contribution in [-0.2, 0) is 9.59 Å². The van der Waals surface area contributed by atoms with Crippen LogP contribution < -0.4 is 0 Å². The van der Waals surface area contributed by atoms with Gasteiger partial charge in [0.2, 0.25) is 0 Å². The molecule has 0 aromatic carbocycles. The lowest BCUT2D eigenvalue weighted by Crippen LogP contribution is -2.51. The van der Waals surface area contributed by atoms with E-state index >= 15 is 0 Å². The molecule has 0 saturated heterocycles. The highest BCUT2D eigenvalue weighted by atomic mass is 16.3. The third-order valence-corrected chi connectivity index (χ3v) is 7.95. The minimum absolute atomic E-state index is 0.0734. The number of ketones is 2. The Balaban J connectivity index is 1.49. The SMILES string of the molecule is O=C1C(CC2CCCC(O)(C3=CCCCC3)C2=O)CCCC1(O)C1=CCCCC1. The van der Waals surface area contributed by atoms with Gasteiger partial charge >= 0.3 is 0 Å². The predicted octanol–water partition coefficient (Wildman–Crippen LogP) is 4.58. The molecular weight excluding hydrogens is 364 g/mol. The van der Waals surface area contributed by atoms with E-state index in [9.17, 15) is 19.8 Å². The van der Waals surface area contributed by atoms with Crippen LogP contribution in [0.2, 0.25) is 0 Å². The van der Waals surface area contributed by atoms with Crippen LogP contribution in [0, 0.1) is 11.8 Å². The number of rotatable bonds is 4. The minimum atomic E-state index is -1.32. The second kappa shape index (κ2) is 8.47. The van der Waals surface area contributed by atoms with Crippen molar-refractivity contribution in [1.82, 2.24) is 0 Å². The van der Waals surface area contributed by atoms with Gasteiger partial charge in [0.1, 0.15) is 11.2 Å². The van der Waals surface area contributed by atoms with Gasteiger partial charge in [-0.25, -0.2) is 0 Å². The van der Waals surface area contributed by atoms with E-state index in [0.29, 0.717) is 19.3 Å². The first kappa shape index (κ1) is 21.0. The summed E-state index contributed by atoms with van der Waals surface area (Å²) >= 11 is 0. The molecule has 4 atom stereocenters. The normalized spacial score (nSPS) is 39.1. The van der Waals surface area contributed by atoms with Gasteiger partial charge in [-0.3, -0.25) is 9.59 Å². The average Bonchev–Trinajstić information content (AvgIpc) is 2.76. The minimum Gasteiger partial charge on any atom is -0.378 e. The fraction of sp³-hybridized carbons (Fsp3) is 0.760. The van der Waals surface area contributed by atoms with E-state index in [1.54, 1.807) is 0 Å². The lowest BCUT2D eigenvalue weighted by molar-refractivity contribution is -0.147. The van der Waals surface area contributed by atoms with Crippen LogP contribution in [0.25, 0.3) is 0 Å². The summed E-state index contributed by atoms with van der Waals surface area (Å²) in [5, 5.41) is 22.6. The zero-order valence-electron chi connectivity index (χ0n) is 17.6. The van der Waals surface area contributed by atoms with Crippen molar-refractivity contribution in [2.45, 2.75) is 108 Å². The molecule has 4 aliphatic rings. The summed E-state index contributed by atoms with van der Waals surface area (Å²) in [5.74, 6) is -0.687. The molecule has 4 unspecified atom stereocenters. The summed E-state index contributed by atoms with van der Waals surface area (Å²) in [6, 6.07) is 0. The number of carbonyl (C=O) groups excluding carboxylic acids is 2. The summed E-state index contributed by atoms with van der Waals surface area (Å²) < 4.78 is 0. The van der Waals surface area contributed by atoms with Crippen molar-refractivity contribution < 1.29 is 19.8 Å². The third kappa shape index (κ3) is 3.90. The highest BCUT2D eigenvalue weighted by Crippen LogP contribution is 2.44. The molecule has 4 rings (SSSR count). The zero-order chi connectivity index (χ0) is 20.5. The third-order valence-electron chi connectivity index (χ3n) is 7.95. The summed E-state index contributed by atoms with van der Waals surface area (Å²) in [5.41, 5.74) is -0.804. The van der Waals surface area contributed by atoms with E-state index in [1.807, 2.05) is 0 Å². The maximum absolute atomic E-state index is 13.3. The van der Waals surface area contributed by atoms with Crippen LogP contribution in [0.5, 0.6) is 0 Å². The van der Waals surface area contributed by atoms with Gasteiger partial charge in [-0.2, -0.15) is 0 Å². The number of Topliss-reactive ketones (excluding diaryl/α,β-unsaturated/α-hetero) is 2. The molecule has 4 heteroatoms. The first-order valence-corrected chi connectivity index (χ1v) is 11.9. The van der Waals surface area contributed by atoms with E-state index in [4.69, 9.17) is 0 Å². The van der Waals surface area contributed by atoms with Gasteiger partial charge in [-0.05, 0) is 107 Å². The molecule has 0 amide bonds. The molecule has 4 nitrogen and oxygen atoms in total. The van der Waals surface area contributed by atoms with Crippen molar-refractivity contribution in [3.63, 3.8) is 0 Å². The Morgan fingerprint density at radius 3 is 1.55 bits per heavy atom. The Bertz CT molecular complexity index is 660. The van der Waals surface area contributed by atoms with Crippen molar-refractivity contribution >= 4 is 11.6 Å². The molecule has 0 aromatic heterocycles. The highest BCUT2D eigenvalue weighted by Gasteiger charge is 2.50. The van der Waals surface area contributed by atoms with Crippen molar-refractivity contribution in [2.75, 3.05) is 0 Å². The molecule has 2 N–H and O–H groups in total. The second-order valence-corrected chi connectivity index (χ2v) is 9.81. The van der Waals surface area contributed by atoms with Crippen LogP contribution >= 0.6 is 0 Å². The predicted molar refractivity (Wildman–Crippen MR) is 112 cm³/mol. The number of hydrogen-bond acceptors (Lipinski definition) is 4. The van der Waals surface area contributed by atoms with Gasteiger partial charge in [0, 0.05) is 11.8 Å². The summed E-state index contributed by atoms with van der Waals surface area (Å²) in [4.78, 5) is 26.6. The molecule has 0 aliphatic heterocycles. The Morgan fingerprint density at radius 1 is 0.724 bits per heavy atom. The monoisotopic (exact) mass is 400 g/mol. The Morgan fingerprint density at radius 2 is 1.17 bits per heavy atom. The molecule has 0 aromatic rings. The lowest BCUT2D eigenvalue weighted by Gasteiger charge is -2.42. The topological polar surface area (TPSA) is 74.6 Å². The number of carbonyl (C=O) groups is 2. The smallest absolute Gasteiger partial charge is 0.171 e. The quantitative estimate of drug-likeness (QED) is 0.678. The van der Waals surface area contributed by atoms with Crippen molar-refractivity contribution in [3.8, 4) is 0 Å². The Hall–Kier alpha value is -1.26. The standard InChI is InChI=1S/C25H36O4/c26-22-18(9-7-15-24(22,28)20-11-3-1-4-12-20)17-19-10-8-16-25(29,23(19)27)21-13-5-2-6-14-21/h11,13,18-19,28-29H,1-10,12,14-17H2. The van der Waals surface area contributed by atoms with Crippen molar-refractivity contribution in [3.05, 3.63) is 23.3 Å². The Kier molecular flexibility index (Phi) is 6.13. The summed E-state index contributed by atoms with van der Waals surface area (Å²) in [6.45, 7) is 0. The van der Waals surface area contributed by atoms with Gasteiger partial charge < -0.3 is 10.2 Å². The summed E-state index contributed by atoms with van der Waals surface area (Å²) in [6.07, 6.45) is 16.6. The van der Waals surface area contributed by atoms with E-state index in [2.05, 4.69) is 12.2 Å². The van der Waals surface area contributed by atoms with Gasteiger partial charge in [-0.1, -0.05) is 12.2 Å². The average molecular weight is 401 g/mol. The molecule has 160 valence electrons. The Labute approximate surface area is 174 Å². The van der Waals surface area contributed by atoms with E-state index in [1.165, 1.54) is 0 Å². The maximum Gasteiger partial charge on any atom is 0.171 e. The molecular formula is C25H36O4. The van der Waals surface area contributed by atoms with Gasteiger partial charge in [0.25, 0.3) is 0 Å². The lowest BCUT2D eigenvalue weighted by atomic mass is 9.65. The largest absolute Gasteiger partial charge is 0.378 e. The van der Waals surface area contributed by atoms with E-state index in [0.717, 1.165) is 88.2 Å². The molecule has 0 radical (unpaired) electrons. The molecule has 0 spiro atoms. The fourth-order valence-corrected chi connectivity index (χ4v) is 6.25. The van der Waals surface area contributed by atoms with Crippen LogP contribution in [0.15, 0.2) is 23.3 Å². The number of hydrogen-bond donors (Lipinski definition) is 2. The van der Waals surface area contributed by atoms with Gasteiger partial charge in [0.05, 0.1) is 0 Å². The van der Waals surface area contributed by atoms with Crippen LogP contribution in [0.1, 0.15) is 96.3 Å². The zero-order valence-corrected chi connectivity index (χ0v) is 17.6. The number of aliphatic hydroxyl groups is 2. The first-order valence-electron chi connectivity index (χ1n) is 11.9. The molecule has 0 bridgehead atoms. The van der Waals surface area contributed by atoms with Crippen LogP contribution in [-0.4, -0.2) is 33.0 Å². The van der Waals surface area contributed by atoms with E-state index in [-0.39, 0.29) is 23.4 Å². The van der Waals surface area contributed by atoms with E-state index < -0.39 is 11.2 Å². The number of allylic oxidation sites excluding steroid dienone is 2. The van der Waals surface area contributed by atoms with Crippen LogP contribution in [0.4, 0.5) is 0 Å². The van der Waals surface area contributed by atoms with Gasteiger partial charge in [-0.15, -0.1) is 0 Å². The molecule has 29 heavy (non-hydrogen) atoms. The van der Waals surface area contributed by atoms with Crippen LogP contribution in [0.3, 0.4) is 0 Å². The van der Waals surface area contributed by atoms with Crippen molar-refractivity contribution in [2.24, 2.45) is 11.8 Å². The fourth-order valence-electron chi connectivity index (χ4n) is 6.25. The summed E-state index contributed by atoms with van der Waals surface area (Å²) in [7, 11) is 0. The second-order valence-electron chi connectivity index (χ2n) is 9.81. The molecule has 2 fully saturated rings. The highest BCUT2D eigenvalue weighted by molar-refractivity contribution is 5.96. The molecule has 4 aliphatic carbocycles. The molecule has 0 heterocycles.